The van der Waals surface area contributed by atoms with E-state index >= 15 is 0 Å². The topological polar surface area (TPSA) is 15.3 Å². The molecule has 0 aromatic rings. The van der Waals surface area contributed by atoms with E-state index in [-0.39, 0.29) is 0 Å². The number of hydrogen-bond donors (Lipinski definition) is 1. The third-order valence-corrected chi connectivity index (χ3v) is 1.01. The molecule has 0 bridgehead atoms. The van der Waals surface area contributed by atoms with E-state index in [1.807, 2.05) is 31.6 Å². The van der Waals surface area contributed by atoms with Crippen molar-refractivity contribution in [2.24, 2.45) is 0 Å². The van der Waals surface area contributed by atoms with E-state index in [0.29, 0.717) is 0 Å². The van der Waals surface area contributed by atoms with Gasteiger partial charge in [0.2, 0.25) is 0 Å². The summed E-state index contributed by atoms with van der Waals surface area (Å²) >= 11 is 0. The maximum Gasteiger partial charge on any atom is 0.0863 e. The predicted octanol–water partition coefficient (Wildman–Crippen LogP) is 0.506. The highest BCUT2D eigenvalue weighted by atomic mass is 15.2. The highest BCUT2D eigenvalue weighted by Gasteiger charge is 1.86. The molecule has 0 unspecified atom stereocenters. The summed E-state index contributed by atoms with van der Waals surface area (Å²) in [5, 5.41) is 3.08. The van der Waals surface area contributed by atoms with Crippen molar-refractivity contribution in [3.63, 3.8) is 0 Å². The predicted molar refractivity (Wildman–Crippen MR) is 34.0 cm³/mol. The molecule has 0 spiro atoms. The van der Waals surface area contributed by atoms with E-state index in [4.69, 9.17) is 0 Å². The summed E-state index contributed by atoms with van der Waals surface area (Å²) in [7, 11) is 2.02. The number of nitrogens with one attached hydrogen (secondary N) is 1. The molecule has 1 rings (SSSR count). The van der Waals surface area contributed by atoms with Crippen LogP contribution in [0.4, 0.5) is 0 Å². The Hall–Kier alpha value is -0.920. The van der Waals surface area contributed by atoms with Gasteiger partial charge < -0.3 is 10.2 Å². The molecule has 0 amide bonds. The molecule has 1 N–H and O–H groups in total. The maximum absolute atomic E-state index is 3.08. The van der Waals surface area contributed by atoms with Crippen molar-refractivity contribution in [1.82, 2.24) is 10.2 Å². The Morgan fingerprint density at radius 1 is 1.50 bits per heavy atom. The van der Waals surface area contributed by atoms with Gasteiger partial charge in [-0.3, -0.25) is 0 Å². The van der Waals surface area contributed by atoms with Crippen LogP contribution < -0.4 is 5.32 Å². The number of allylic oxidation sites excluding steroid dienone is 2. The van der Waals surface area contributed by atoms with Gasteiger partial charge in [0.1, 0.15) is 0 Å². The lowest BCUT2D eigenvalue weighted by molar-refractivity contribution is 0.440. The molecule has 0 aliphatic carbocycles. The summed E-state index contributed by atoms with van der Waals surface area (Å²) in [5.41, 5.74) is 0. The lowest BCUT2D eigenvalue weighted by Gasteiger charge is -2.10. The van der Waals surface area contributed by atoms with E-state index in [2.05, 4.69) is 10.2 Å². The average molecular weight is 110 g/mol. The zero-order valence-electron chi connectivity index (χ0n) is 4.96. The van der Waals surface area contributed by atoms with Crippen molar-refractivity contribution >= 4 is 0 Å². The Bertz CT molecular complexity index is 116. The SMILES string of the molecule is CN1C=CC=CNC1. The fourth-order valence-electron chi connectivity index (χ4n) is 0.570. The fraction of sp³-hybridized carbons (Fsp3) is 0.333. The minimum atomic E-state index is 0.896. The van der Waals surface area contributed by atoms with Crippen LogP contribution in [0.25, 0.3) is 0 Å². The maximum atomic E-state index is 3.08. The second-order valence-corrected chi connectivity index (χ2v) is 1.82. The number of nitrogens with zero attached hydrogens (tertiary/aromatic N) is 1. The molecule has 44 valence electrons. The summed E-state index contributed by atoms with van der Waals surface area (Å²) in [6.45, 7) is 0.896. The van der Waals surface area contributed by atoms with Gasteiger partial charge in [-0.1, -0.05) is 0 Å². The number of hydrogen-bond acceptors (Lipinski definition) is 2. The van der Waals surface area contributed by atoms with Gasteiger partial charge in [-0.15, -0.1) is 0 Å². The van der Waals surface area contributed by atoms with E-state index in [1.54, 1.807) is 0 Å². The lowest BCUT2D eigenvalue weighted by Crippen LogP contribution is -2.21. The molecule has 0 aromatic carbocycles. The third kappa shape index (κ3) is 1.30. The summed E-state index contributed by atoms with van der Waals surface area (Å²) in [5.74, 6) is 0. The first-order valence-electron chi connectivity index (χ1n) is 2.66. The van der Waals surface area contributed by atoms with Gasteiger partial charge in [0.15, 0.2) is 0 Å². The van der Waals surface area contributed by atoms with E-state index < -0.39 is 0 Å². The van der Waals surface area contributed by atoms with Crippen LogP contribution in [0.5, 0.6) is 0 Å². The molecule has 0 radical (unpaired) electrons. The normalized spacial score (nSPS) is 17.9. The van der Waals surface area contributed by atoms with Gasteiger partial charge in [0.05, 0.1) is 6.67 Å². The Morgan fingerprint density at radius 3 is 3.25 bits per heavy atom. The van der Waals surface area contributed by atoms with Crippen molar-refractivity contribution in [2.75, 3.05) is 13.7 Å². The standard InChI is InChI=1S/C6H10N2/c1-8-5-3-2-4-7-6-8/h2-5,7H,6H2,1H3. The van der Waals surface area contributed by atoms with Gasteiger partial charge in [0, 0.05) is 13.2 Å². The van der Waals surface area contributed by atoms with Crippen LogP contribution in [0.15, 0.2) is 24.6 Å². The van der Waals surface area contributed by atoms with Crippen molar-refractivity contribution in [3.8, 4) is 0 Å². The van der Waals surface area contributed by atoms with Crippen LogP contribution in [-0.2, 0) is 0 Å². The average Bonchev–Trinajstić information content (AvgIpc) is 1.94. The Labute approximate surface area is 49.5 Å². The van der Waals surface area contributed by atoms with Gasteiger partial charge >= 0.3 is 0 Å². The third-order valence-electron chi connectivity index (χ3n) is 1.01. The Balaban J connectivity index is 2.46. The van der Waals surface area contributed by atoms with Gasteiger partial charge in [-0.05, 0) is 18.4 Å². The van der Waals surface area contributed by atoms with Gasteiger partial charge in [0.25, 0.3) is 0 Å². The molecule has 0 aromatic heterocycles. The van der Waals surface area contributed by atoms with Crippen LogP contribution >= 0.6 is 0 Å². The van der Waals surface area contributed by atoms with Crippen LogP contribution in [0.3, 0.4) is 0 Å². The number of rotatable bonds is 0. The second kappa shape index (κ2) is 2.40. The summed E-state index contributed by atoms with van der Waals surface area (Å²) in [4.78, 5) is 2.07. The van der Waals surface area contributed by atoms with E-state index in [0.717, 1.165) is 6.67 Å². The molecule has 0 saturated carbocycles. The summed E-state index contributed by atoms with van der Waals surface area (Å²) in [6, 6.07) is 0. The molecular formula is C6H10N2. The molecule has 0 fully saturated rings. The molecule has 0 saturated heterocycles. The second-order valence-electron chi connectivity index (χ2n) is 1.82. The van der Waals surface area contributed by atoms with Gasteiger partial charge in [-0.2, -0.15) is 0 Å². The summed E-state index contributed by atoms with van der Waals surface area (Å²) < 4.78 is 0. The minimum Gasteiger partial charge on any atom is -0.374 e. The molecule has 0 atom stereocenters. The first-order chi connectivity index (χ1) is 3.89. The molecule has 2 heteroatoms. The minimum absolute atomic E-state index is 0.896. The Morgan fingerprint density at radius 2 is 2.38 bits per heavy atom. The van der Waals surface area contributed by atoms with E-state index in [9.17, 15) is 0 Å². The van der Waals surface area contributed by atoms with Crippen molar-refractivity contribution in [3.05, 3.63) is 24.6 Å². The lowest BCUT2D eigenvalue weighted by atomic mass is 10.6. The van der Waals surface area contributed by atoms with Crippen LogP contribution in [0, 0.1) is 0 Å². The zero-order chi connectivity index (χ0) is 5.82. The highest BCUT2D eigenvalue weighted by molar-refractivity contribution is 5.02. The van der Waals surface area contributed by atoms with Crippen molar-refractivity contribution in [1.29, 1.82) is 0 Å². The van der Waals surface area contributed by atoms with Crippen molar-refractivity contribution < 1.29 is 0 Å². The monoisotopic (exact) mass is 110 g/mol. The quantitative estimate of drug-likeness (QED) is 0.488. The van der Waals surface area contributed by atoms with E-state index in [1.165, 1.54) is 0 Å². The zero-order valence-corrected chi connectivity index (χ0v) is 4.96. The molecule has 2 nitrogen and oxygen atoms in total. The first kappa shape index (κ1) is 5.22. The molecule has 8 heavy (non-hydrogen) atoms. The largest absolute Gasteiger partial charge is 0.374 e. The van der Waals surface area contributed by atoms with Crippen molar-refractivity contribution in [2.45, 2.75) is 0 Å². The van der Waals surface area contributed by atoms with Crippen LogP contribution in [0.1, 0.15) is 0 Å². The Kier molecular flexibility index (Phi) is 1.57. The molecule has 1 aliphatic heterocycles. The fourth-order valence-corrected chi connectivity index (χ4v) is 0.570. The van der Waals surface area contributed by atoms with Crippen LogP contribution in [-0.4, -0.2) is 18.6 Å². The smallest absolute Gasteiger partial charge is 0.0863 e. The first-order valence-corrected chi connectivity index (χ1v) is 2.66. The highest BCUT2D eigenvalue weighted by Crippen LogP contribution is 1.86. The molecule has 1 heterocycles. The molecule has 1 aliphatic rings. The van der Waals surface area contributed by atoms with Gasteiger partial charge in [-0.25, -0.2) is 0 Å². The molecular weight excluding hydrogens is 100 g/mol. The van der Waals surface area contributed by atoms with Crippen LogP contribution in [0.2, 0.25) is 0 Å². The summed E-state index contributed by atoms with van der Waals surface area (Å²) in [6.07, 6.45) is 7.93.